The predicted octanol–water partition coefficient (Wildman–Crippen LogP) is 4.96. The molecule has 0 aliphatic carbocycles. The maximum absolute atomic E-state index is 4.44. The maximum atomic E-state index is 4.44. The van der Waals surface area contributed by atoms with E-state index in [-0.39, 0.29) is 4.75 Å². The SMILES string of the molecule is C=C.CC(C)(C)C(C)(C)S.CCC. The first-order chi connectivity index (χ1) is 5.66. The van der Waals surface area contributed by atoms with Crippen molar-refractivity contribution < 1.29 is 0 Å². The molecule has 0 aliphatic rings. The van der Waals surface area contributed by atoms with Gasteiger partial charge < -0.3 is 0 Å². The average Bonchev–Trinajstić information content (AvgIpc) is 1.89. The summed E-state index contributed by atoms with van der Waals surface area (Å²) in [6.45, 7) is 21.1. The molecule has 0 saturated heterocycles. The molecule has 0 aromatic rings. The molecule has 0 fully saturated rings. The van der Waals surface area contributed by atoms with Crippen LogP contribution in [0.15, 0.2) is 13.2 Å². The molecule has 82 valence electrons. The van der Waals surface area contributed by atoms with Gasteiger partial charge >= 0.3 is 0 Å². The Hall–Kier alpha value is 0.0900. The zero-order valence-corrected chi connectivity index (χ0v) is 11.5. The number of hydrogen-bond acceptors (Lipinski definition) is 1. The first-order valence-electron chi connectivity index (χ1n) is 4.89. The van der Waals surface area contributed by atoms with E-state index < -0.39 is 0 Å². The molecule has 1 heteroatoms. The van der Waals surface area contributed by atoms with Crippen molar-refractivity contribution in [2.45, 2.75) is 59.6 Å². The van der Waals surface area contributed by atoms with E-state index in [1.165, 1.54) is 6.42 Å². The van der Waals surface area contributed by atoms with Gasteiger partial charge in [-0.1, -0.05) is 54.9 Å². The molecule has 0 saturated carbocycles. The van der Waals surface area contributed by atoms with E-state index in [2.05, 4.69) is 74.3 Å². The van der Waals surface area contributed by atoms with Crippen LogP contribution < -0.4 is 0 Å². The Morgan fingerprint density at radius 1 is 0.923 bits per heavy atom. The fourth-order valence-corrected chi connectivity index (χ4v) is 0. The van der Waals surface area contributed by atoms with Gasteiger partial charge in [0, 0.05) is 4.75 Å². The molecule has 0 aromatic heterocycles. The van der Waals surface area contributed by atoms with E-state index in [9.17, 15) is 0 Å². The number of rotatable bonds is 0. The van der Waals surface area contributed by atoms with Crippen LogP contribution in [0.2, 0.25) is 0 Å². The van der Waals surface area contributed by atoms with Gasteiger partial charge in [0.15, 0.2) is 0 Å². The van der Waals surface area contributed by atoms with Crippen molar-refractivity contribution in [3.63, 3.8) is 0 Å². The fourth-order valence-electron chi connectivity index (χ4n) is 0. The lowest BCUT2D eigenvalue weighted by Crippen LogP contribution is -2.30. The highest BCUT2D eigenvalue weighted by Gasteiger charge is 2.28. The van der Waals surface area contributed by atoms with Gasteiger partial charge in [-0.2, -0.15) is 12.6 Å². The minimum Gasteiger partial charge on any atom is -0.173 e. The van der Waals surface area contributed by atoms with Gasteiger partial charge in [-0.05, 0) is 5.41 Å². The zero-order valence-electron chi connectivity index (χ0n) is 10.6. The summed E-state index contributed by atoms with van der Waals surface area (Å²) in [5.74, 6) is 0. The van der Waals surface area contributed by atoms with Crippen LogP contribution in [-0.2, 0) is 0 Å². The molecule has 0 N–H and O–H groups in total. The van der Waals surface area contributed by atoms with Crippen molar-refractivity contribution in [1.82, 2.24) is 0 Å². The summed E-state index contributed by atoms with van der Waals surface area (Å²) in [5, 5.41) is 0. The van der Waals surface area contributed by atoms with E-state index in [4.69, 9.17) is 0 Å². The lowest BCUT2D eigenvalue weighted by Gasteiger charge is -2.33. The van der Waals surface area contributed by atoms with Crippen LogP contribution in [0.5, 0.6) is 0 Å². The van der Waals surface area contributed by atoms with Crippen molar-refractivity contribution in [3.05, 3.63) is 13.2 Å². The minimum atomic E-state index is 0.132. The van der Waals surface area contributed by atoms with Crippen LogP contribution in [0.1, 0.15) is 54.9 Å². The summed E-state index contributed by atoms with van der Waals surface area (Å²) in [5.41, 5.74) is 0.302. The maximum Gasteiger partial charge on any atom is 0.0121 e. The Balaban J connectivity index is -0.000000169. The number of thiol groups is 1. The van der Waals surface area contributed by atoms with Crippen molar-refractivity contribution >= 4 is 12.6 Å². The van der Waals surface area contributed by atoms with E-state index in [1.807, 2.05) is 0 Å². The average molecular weight is 204 g/mol. The first-order valence-corrected chi connectivity index (χ1v) is 5.34. The largest absolute Gasteiger partial charge is 0.173 e. The van der Waals surface area contributed by atoms with E-state index >= 15 is 0 Å². The van der Waals surface area contributed by atoms with Gasteiger partial charge in [-0.3, -0.25) is 0 Å². The van der Waals surface area contributed by atoms with Crippen molar-refractivity contribution in [2.24, 2.45) is 5.41 Å². The van der Waals surface area contributed by atoms with Crippen molar-refractivity contribution in [3.8, 4) is 0 Å². The highest BCUT2D eigenvalue weighted by atomic mass is 32.1. The summed E-state index contributed by atoms with van der Waals surface area (Å²) in [7, 11) is 0. The molecule has 0 unspecified atom stereocenters. The van der Waals surface area contributed by atoms with Gasteiger partial charge in [0.2, 0.25) is 0 Å². The zero-order chi connectivity index (χ0) is 11.7. The highest BCUT2D eigenvalue weighted by Crippen LogP contribution is 2.34. The summed E-state index contributed by atoms with van der Waals surface area (Å²) in [4.78, 5) is 0. The molecule has 0 amide bonds. The molecule has 0 radical (unpaired) electrons. The highest BCUT2D eigenvalue weighted by molar-refractivity contribution is 7.81. The Kier molecular flexibility index (Phi) is 12.5. The molecule has 0 nitrogen and oxygen atoms in total. The fraction of sp³-hybridized carbons (Fsp3) is 0.833. The minimum absolute atomic E-state index is 0.132. The predicted molar refractivity (Wildman–Crippen MR) is 69.7 cm³/mol. The van der Waals surface area contributed by atoms with Crippen molar-refractivity contribution in [1.29, 1.82) is 0 Å². The molecular formula is C12H28S. The summed E-state index contributed by atoms with van der Waals surface area (Å²) in [6.07, 6.45) is 1.25. The third-order valence-corrected chi connectivity index (χ3v) is 2.51. The topological polar surface area (TPSA) is 0 Å². The van der Waals surface area contributed by atoms with Gasteiger partial charge in [-0.15, -0.1) is 13.2 Å². The molecule has 0 bridgehead atoms. The molecule has 0 aliphatic heterocycles. The lowest BCUT2D eigenvalue weighted by atomic mass is 9.83. The molecule has 0 heterocycles. The van der Waals surface area contributed by atoms with Gasteiger partial charge in [0.1, 0.15) is 0 Å². The second-order valence-electron chi connectivity index (χ2n) is 4.52. The molecule has 13 heavy (non-hydrogen) atoms. The Labute approximate surface area is 91.2 Å². The van der Waals surface area contributed by atoms with Gasteiger partial charge in [-0.25, -0.2) is 0 Å². The molecular weight excluding hydrogens is 176 g/mol. The summed E-state index contributed by atoms with van der Waals surface area (Å²) < 4.78 is 0.132. The van der Waals surface area contributed by atoms with Gasteiger partial charge in [0.05, 0.1) is 0 Å². The number of hydrogen-bond donors (Lipinski definition) is 1. The molecule has 0 spiro atoms. The standard InChI is InChI=1S/C7H16S.C3H8.C2H4/c1-6(2,3)7(4,5)8;1-3-2;1-2/h8H,1-5H3;3H2,1-2H3;1-2H2. The van der Waals surface area contributed by atoms with Crippen LogP contribution in [0.3, 0.4) is 0 Å². The van der Waals surface area contributed by atoms with Crippen LogP contribution in [0.4, 0.5) is 0 Å². The third kappa shape index (κ3) is 14.9. The van der Waals surface area contributed by atoms with Crippen LogP contribution in [0, 0.1) is 5.41 Å². The second-order valence-corrected chi connectivity index (χ2v) is 5.63. The smallest absolute Gasteiger partial charge is 0.0121 e. The Morgan fingerprint density at radius 2 is 1.00 bits per heavy atom. The third-order valence-electron chi connectivity index (χ3n) is 1.84. The van der Waals surface area contributed by atoms with Crippen LogP contribution >= 0.6 is 12.6 Å². The van der Waals surface area contributed by atoms with Gasteiger partial charge in [0.25, 0.3) is 0 Å². The molecule has 0 atom stereocenters. The van der Waals surface area contributed by atoms with Crippen molar-refractivity contribution in [2.75, 3.05) is 0 Å². The normalized spacial score (nSPS) is 10.5. The van der Waals surface area contributed by atoms with E-state index in [1.54, 1.807) is 0 Å². The molecule has 0 rings (SSSR count). The second kappa shape index (κ2) is 8.68. The Morgan fingerprint density at radius 3 is 1.00 bits per heavy atom. The quantitative estimate of drug-likeness (QED) is 0.418. The van der Waals surface area contributed by atoms with E-state index in [0.29, 0.717) is 5.41 Å². The lowest BCUT2D eigenvalue weighted by molar-refractivity contribution is 0.322. The summed E-state index contributed by atoms with van der Waals surface area (Å²) >= 11 is 4.44. The van der Waals surface area contributed by atoms with Crippen LogP contribution in [-0.4, -0.2) is 4.75 Å². The monoisotopic (exact) mass is 204 g/mol. The van der Waals surface area contributed by atoms with Crippen LogP contribution in [0.25, 0.3) is 0 Å². The molecule has 0 aromatic carbocycles. The van der Waals surface area contributed by atoms with E-state index in [0.717, 1.165) is 0 Å². The first kappa shape index (κ1) is 18.8. The Bertz CT molecular complexity index is 80.7. The summed E-state index contributed by atoms with van der Waals surface area (Å²) in [6, 6.07) is 0.